The fourth-order valence-electron chi connectivity index (χ4n) is 2.97. The molecule has 6 nitrogen and oxygen atoms in total. The van der Waals surface area contributed by atoms with Crippen LogP contribution in [0.4, 0.5) is 0 Å². The molecule has 0 aliphatic carbocycles. The van der Waals surface area contributed by atoms with Gasteiger partial charge in [0.1, 0.15) is 6.54 Å². The SMILES string of the molecule is CCc1cccc2c(C(=O)Cn3nnc(-c4ccccc4)n3)c[nH]c12. The highest BCUT2D eigenvalue weighted by molar-refractivity contribution is 6.08. The standard InChI is InChI=1S/C19H17N5O/c1-2-13-9-6-10-15-16(11-20-18(13)15)17(25)12-24-22-19(21-23-24)14-7-4-3-5-8-14/h3-11,20H,2,12H2,1H3. The van der Waals surface area contributed by atoms with Crippen LogP contribution in [0.5, 0.6) is 0 Å². The van der Waals surface area contributed by atoms with Crippen LogP contribution in [0.15, 0.2) is 54.7 Å². The van der Waals surface area contributed by atoms with Gasteiger partial charge in [-0.15, -0.1) is 10.2 Å². The Morgan fingerprint density at radius 3 is 2.76 bits per heavy atom. The molecule has 0 spiro atoms. The minimum Gasteiger partial charge on any atom is -0.360 e. The lowest BCUT2D eigenvalue weighted by Gasteiger charge is -2.01. The van der Waals surface area contributed by atoms with E-state index in [9.17, 15) is 4.79 Å². The van der Waals surface area contributed by atoms with Gasteiger partial charge in [-0.2, -0.15) is 4.80 Å². The molecule has 1 N–H and O–H groups in total. The zero-order valence-corrected chi connectivity index (χ0v) is 13.8. The van der Waals surface area contributed by atoms with Crippen LogP contribution in [-0.2, 0) is 13.0 Å². The fraction of sp³-hybridized carbons (Fsp3) is 0.158. The van der Waals surface area contributed by atoms with Crippen LogP contribution in [0.3, 0.4) is 0 Å². The van der Waals surface area contributed by atoms with Crippen LogP contribution in [0.2, 0.25) is 0 Å². The van der Waals surface area contributed by atoms with E-state index in [1.807, 2.05) is 42.5 Å². The molecule has 0 aliphatic heterocycles. The predicted octanol–water partition coefficient (Wildman–Crippen LogP) is 3.27. The van der Waals surface area contributed by atoms with Crippen molar-refractivity contribution >= 4 is 16.7 Å². The van der Waals surface area contributed by atoms with Gasteiger partial charge in [-0.3, -0.25) is 4.79 Å². The molecule has 0 radical (unpaired) electrons. The summed E-state index contributed by atoms with van der Waals surface area (Å²) in [5, 5.41) is 13.3. The Morgan fingerprint density at radius 1 is 1.12 bits per heavy atom. The number of tetrazole rings is 1. The summed E-state index contributed by atoms with van der Waals surface area (Å²) in [6.45, 7) is 2.16. The Kier molecular flexibility index (Phi) is 3.85. The first-order valence-electron chi connectivity index (χ1n) is 8.21. The van der Waals surface area contributed by atoms with E-state index >= 15 is 0 Å². The van der Waals surface area contributed by atoms with Gasteiger partial charge in [0.15, 0.2) is 5.78 Å². The number of hydrogen-bond donors (Lipinski definition) is 1. The zero-order chi connectivity index (χ0) is 17.2. The third-order valence-electron chi connectivity index (χ3n) is 4.25. The third kappa shape index (κ3) is 2.82. The van der Waals surface area contributed by atoms with Gasteiger partial charge in [-0.1, -0.05) is 55.5 Å². The van der Waals surface area contributed by atoms with Crippen molar-refractivity contribution in [2.24, 2.45) is 0 Å². The van der Waals surface area contributed by atoms with Gasteiger partial charge in [-0.05, 0) is 17.2 Å². The van der Waals surface area contributed by atoms with E-state index in [1.54, 1.807) is 6.20 Å². The summed E-state index contributed by atoms with van der Waals surface area (Å²) in [5.74, 6) is 0.470. The lowest BCUT2D eigenvalue weighted by Crippen LogP contribution is -2.13. The number of fused-ring (bicyclic) bond motifs is 1. The highest BCUT2D eigenvalue weighted by atomic mass is 16.1. The number of nitrogens with zero attached hydrogens (tertiary/aromatic N) is 4. The van der Waals surface area contributed by atoms with E-state index in [-0.39, 0.29) is 12.3 Å². The summed E-state index contributed by atoms with van der Waals surface area (Å²) in [6.07, 6.45) is 2.68. The molecule has 25 heavy (non-hydrogen) atoms. The van der Waals surface area contributed by atoms with Gasteiger partial charge in [0.05, 0.1) is 0 Å². The zero-order valence-electron chi connectivity index (χ0n) is 13.8. The molecule has 0 bridgehead atoms. The fourth-order valence-corrected chi connectivity index (χ4v) is 2.97. The van der Waals surface area contributed by atoms with Gasteiger partial charge in [0.25, 0.3) is 0 Å². The molecular formula is C19H17N5O. The molecule has 0 atom stereocenters. The summed E-state index contributed by atoms with van der Waals surface area (Å²) in [6, 6.07) is 15.6. The van der Waals surface area contributed by atoms with Crippen molar-refractivity contribution in [2.75, 3.05) is 0 Å². The van der Waals surface area contributed by atoms with Gasteiger partial charge < -0.3 is 4.98 Å². The van der Waals surface area contributed by atoms with E-state index in [1.165, 1.54) is 10.4 Å². The van der Waals surface area contributed by atoms with E-state index in [0.717, 1.165) is 22.9 Å². The smallest absolute Gasteiger partial charge is 0.204 e. The second-order valence-corrected chi connectivity index (χ2v) is 5.83. The molecule has 0 aliphatic rings. The van der Waals surface area contributed by atoms with Gasteiger partial charge in [-0.25, -0.2) is 0 Å². The number of aryl methyl sites for hydroxylation is 1. The normalized spacial score (nSPS) is 11.1. The van der Waals surface area contributed by atoms with Crippen LogP contribution >= 0.6 is 0 Å². The minimum absolute atomic E-state index is 0.0449. The molecule has 6 heteroatoms. The maximum Gasteiger partial charge on any atom is 0.204 e. The molecule has 0 unspecified atom stereocenters. The van der Waals surface area contributed by atoms with Crippen molar-refractivity contribution in [3.63, 3.8) is 0 Å². The molecule has 0 saturated heterocycles. The third-order valence-corrected chi connectivity index (χ3v) is 4.25. The first-order chi connectivity index (χ1) is 12.3. The lowest BCUT2D eigenvalue weighted by molar-refractivity contribution is 0.0963. The molecule has 2 heterocycles. The van der Waals surface area contributed by atoms with E-state index in [4.69, 9.17) is 0 Å². The van der Waals surface area contributed by atoms with Crippen molar-refractivity contribution < 1.29 is 4.79 Å². The van der Waals surface area contributed by atoms with Crippen LogP contribution in [0, 0.1) is 0 Å². The van der Waals surface area contributed by atoms with Crippen molar-refractivity contribution in [1.82, 2.24) is 25.2 Å². The maximum absolute atomic E-state index is 12.7. The highest BCUT2D eigenvalue weighted by Gasteiger charge is 2.16. The van der Waals surface area contributed by atoms with Crippen molar-refractivity contribution in [3.05, 3.63) is 65.9 Å². The Labute approximate surface area is 144 Å². The highest BCUT2D eigenvalue weighted by Crippen LogP contribution is 2.23. The molecular weight excluding hydrogens is 314 g/mol. The number of ketones is 1. The summed E-state index contributed by atoms with van der Waals surface area (Å²) >= 11 is 0. The van der Waals surface area contributed by atoms with Gasteiger partial charge in [0.2, 0.25) is 5.82 Å². The number of Topliss-reactive ketones (excluding diaryl/α,β-unsaturated/α-hetero) is 1. The van der Waals surface area contributed by atoms with Crippen molar-refractivity contribution in [1.29, 1.82) is 0 Å². The molecule has 0 fully saturated rings. The molecule has 0 saturated carbocycles. The van der Waals surface area contributed by atoms with E-state index < -0.39 is 0 Å². The van der Waals surface area contributed by atoms with E-state index in [2.05, 4.69) is 33.4 Å². The Balaban J connectivity index is 1.60. The summed E-state index contributed by atoms with van der Waals surface area (Å²) in [7, 11) is 0. The van der Waals surface area contributed by atoms with Crippen LogP contribution in [0.25, 0.3) is 22.3 Å². The molecule has 2 aromatic carbocycles. The average molecular weight is 331 g/mol. The van der Waals surface area contributed by atoms with Crippen molar-refractivity contribution in [3.8, 4) is 11.4 Å². The van der Waals surface area contributed by atoms with Crippen LogP contribution in [-0.4, -0.2) is 31.0 Å². The maximum atomic E-state index is 12.7. The number of carbonyl (C=O) groups excluding carboxylic acids is 1. The van der Waals surface area contributed by atoms with Crippen LogP contribution < -0.4 is 0 Å². The Bertz CT molecular complexity index is 1030. The molecule has 4 rings (SSSR count). The summed E-state index contributed by atoms with van der Waals surface area (Å²) in [5.41, 5.74) is 3.75. The Morgan fingerprint density at radius 2 is 1.96 bits per heavy atom. The second kappa shape index (κ2) is 6.32. The number of aromatic nitrogens is 5. The van der Waals surface area contributed by atoms with Gasteiger partial charge >= 0.3 is 0 Å². The monoisotopic (exact) mass is 331 g/mol. The molecule has 0 amide bonds. The molecule has 4 aromatic rings. The number of H-pyrrole nitrogens is 1. The number of aromatic amines is 1. The first kappa shape index (κ1) is 15.3. The molecule has 124 valence electrons. The number of rotatable bonds is 5. The quantitative estimate of drug-likeness (QED) is 0.569. The summed E-state index contributed by atoms with van der Waals surface area (Å²) in [4.78, 5) is 17.2. The number of benzene rings is 2. The largest absolute Gasteiger partial charge is 0.360 e. The lowest BCUT2D eigenvalue weighted by atomic mass is 10.1. The van der Waals surface area contributed by atoms with Gasteiger partial charge in [0, 0.05) is 28.2 Å². The molecule has 2 aromatic heterocycles. The minimum atomic E-state index is -0.0449. The second-order valence-electron chi connectivity index (χ2n) is 5.83. The van der Waals surface area contributed by atoms with Crippen LogP contribution in [0.1, 0.15) is 22.8 Å². The predicted molar refractivity (Wildman–Crippen MR) is 95.3 cm³/mol. The first-order valence-corrected chi connectivity index (χ1v) is 8.21. The Hall–Kier alpha value is -3.28. The average Bonchev–Trinajstić information content (AvgIpc) is 3.29. The summed E-state index contributed by atoms with van der Waals surface area (Å²) < 4.78 is 0. The topological polar surface area (TPSA) is 76.5 Å². The van der Waals surface area contributed by atoms with Crippen molar-refractivity contribution in [2.45, 2.75) is 19.9 Å². The number of para-hydroxylation sites is 1. The van der Waals surface area contributed by atoms with E-state index in [0.29, 0.717) is 11.4 Å². The number of carbonyl (C=O) groups is 1. The number of nitrogens with one attached hydrogen (secondary N) is 1. The number of hydrogen-bond acceptors (Lipinski definition) is 4.